The van der Waals surface area contributed by atoms with Crippen LogP contribution in [-0.2, 0) is 13.0 Å². The van der Waals surface area contributed by atoms with Gasteiger partial charge in [0.2, 0.25) is 0 Å². The van der Waals surface area contributed by atoms with Gasteiger partial charge < -0.3 is 9.88 Å². The third-order valence-corrected chi connectivity index (χ3v) is 7.59. The largest absolute Gasteiger partial charge is 0.335 e. The summed E-state index contributed by atoms with van der Waals surface area (Å²) in [6.45, 7) is 11.1. The van der Waals surface area contributed by atoms with Crippen molar-refractivity contribution in [2.75, 3.05) is 12.3 Å². The number of hydrogen-bond donors (Lipinski definition) is 1. The number of likely N-dealkylation sites (N-methyl/N-ethyl adjacent to an activating group) is 1. The van der Waals surface area contributed by atoms with E-state index in [9.17, 15) is 0 Å². The first-order chi connectivity index (χ1) is 9.65. The van der Waals surface area contributed by atoms with Crippen LogP contribution >= 0.6 is 23.5 Å². The van der Waals surface area contributed by atoms with Gasteiger partial charge >= 0.3 is 0 Å². The Hall–Kier alpha value is -0.130. The van der Waals surface area contributed by atoms with Gasteiger partial charge in [0.25, 0.3) is 0 Å². The van der Waals surface area contributed by atoms with Gasteiger partial charge in [-0.2, -0.15) is 23.5 Å². The molecular weight excluding hydrogens is 286 g/mol. The van der Waals surface area contributed by atoms with Gasteiger partial charge in [-0.05, 0) is 13.5 Å². The summed E-state index contributed by atoms with van der Waals surface area (Å²) in [6, 6.07) is 0.528. The summed E-state index contributed by atoms with van der Waals surface area (Å²) in [5, 5.41) is 5.89. The number of aryl methyl sites for hydroxylation is 1. The van der Waals surface area contributed by atoms with E-state index in [1.54, 1.807) is 0 Å². The van der Waals surface area contributed by atoms with Crippen molar-refractivity contribution in [2.45, 2.75) is 62.5 Å². The van der Waals surface area contributed by atoms with E-state index in [4.69, 9.17) is 0 Å². The average Bonchev–Trinajstić information content (AvgIpc) is 2.88. The van der Waals surface area contributed by atoms with Crippen LogP contribution in [0.2, 0.25) is 0 Å². The van der Waals surface area contributed by atoms with E-state index in [1.165, 1.54) is 11.6 Å². The van der Waals surface area contributed by atoms with Crippen molar-refractivity contribution in [3.8, 4) is 0 Å². The zero-order valence-electron chi connectivity index (χ0n) is 13.0. The average molecular weight is 314 g/mol. The molecular formula is C15H27N3S2. The molecule has 0 aliphatic carbocycles. The molecule has 1 aromatic rings. The molecule has 4 unspecified atom stereocenters. The molecule has 5 heteroatoms. The summed E-state index contributed by atoms with van der Waals surface area (Å²) >= 11 is 4.28. The van der Waals surface area contributed by atoms with Crippen molar-refractivity contribution < 1.29 is 0 Å². The van der Waals surface area contributed by atoms with Crippen molar-refractivity contribution in [1.29, 1.82) is 0 Å². The molecule has 114 valence electrons. The highest BCUT2D eigenvalue weighted by molar-refractivity contribution is 8.07. The first-order valence-electron chi connectivity index (χ1n) is 7.66. The summed E-state index contributed by atoms with van der Waals surface area (Å²) in [5.41, 5.74) is 0. The van der Waals surface area contributed by atoms with Gasteiger partial charge in [0, 0.05) is 52.9 Å². The van der Waals surface area contributed by atoms with E-state index >= 15 is 0 Å². The first-order valence-corrected chi connectivity index (χ1v) is 9.65. The van der Waals surface area contributed by atoms with Crippen LogP contribution in [-0.4, -0.2) is 43.6 Å². The van der Waals surface area contributed by atoms with Crippen LogP contribution in [0, 0.1) is 0 Å². The monoisotopic (exact) mass is 313 g/mol. The predicted molar refractivity (Wildman–Crippen MR) is 91.8 cm³/mol. The Bertz CT molecular complexity index is 408. The molecule has 0 radical (unpaired) electrons. The topological polar surface area (TPSA) is 29.9 Å². The van der Waals surface area contributed by atoms with Crippen LogP contribution in [0.1, 0.15) is 33.5 Å². The Balaban J connectivity index is 2.03. The molecule has 2 rings (SSSR count). The van der Waals surface area contributed by atoms with Crippen LogP contribution in [0.15, 0.2) is 12.4 Å². The lowest BCUT2D eigenvalue weighted by atomic mass is 10.1. The van der Waals surface area contributed by atoms with E-state index in [0.717, 1.165) is 30.0 Å². The molecule has 20 heavy (non-hydrogen) atoms. The van der Waals surface area contributed by atoms with Gasteiger partial charge in [-0.15, -0.1) is 0 Å². The Morgan fingerprint density at radius 3 is 2.85 bits per heavy atom. The lowest BCUT2D eigenvalue weighted by molar-refractivity contribution is 0.498. The molecule has 1 aliphatic heterocycles. The van der Waals surface area contributed by atoms with Crippen LogP contribution in [0.4, 0.5) is 0 Å². The molecule has 1 fully saturated rings. The molecule has 4 atom stereocenters. The standard InChI is InChI=1S/C15H27N3S2/c1-5-16-13(9-15-17-7-8-18(15)6-2)14-10-19-11(3)12(4)20-14/h7-8,11-14,16H,5-6,9-10H2,1-4H3. The third kappa shape index (κ3) is 3.95. The Labute approximate surface area is 131 Å². The minimum absolute atomic E-state index is 0.528. The molecule has 2 heterocycles. The molecule has 0 amide bonds. The van der Waals surface area contributed by atoms with Gasteiger partial charge in [0.15, 0.2) is 0 Å². The number of imidazole rings is 1. The second kappa shape index (κ2) is 7.76. The molecule has 1 aliphatic rings. The highest BCUT2D eigenvalue weighted by Crippen LogP contribution is 2.37. The number of hydrogen-bond acceptors (Lipinski definition) is 4. The van der Waals surface area contributed by atoms with E-state index in [1.807, 2.05) is 6.20 Å². The maximum Gasteiger partial charge on any atom is 0.110 e. The highest BCUT2D eigenvalue weighted by Gasteiger charge is 2.31. The van der Waals surface area contributed by atoms with Crippen LogP contribution in [0.3, 0.4) is 0 Å². The zero-order chi connectivity index (χ0) is 14.5. The highest BCUT2D eigenvalue weighted by atomic mass is 32.2. The smallest absolute Gasteiger partial charge is 0.110 e. The molecule has 0 aromatic carbocycles. The lowest BCUT2D eigenvalue weighted by Gasteiger charge is -2.36. The Morgan fingerprint density at radius 2 is 2.20 bits per heavy atom. The quantitative estimate of drug-likeness (QED) is 0.874. The van der Waals surface area contributed by atoms with Crippen LogP contribution < -0.4 is 5.32 Å². The molecule has 1 N–H and O–H groups in total. The summed E-state index contributed by atoms with van der Waals surface area (Å²) in [5.74, 6) is 2.47. The SMILES string of the molecule is CCNC(Cc1nccn1CC)C1CSC(C)C(C)S1. The molecule has 1 aromatic heterocycles. The van der Waals surface area contributed by atoms with Gasteiger partial charge in [-0.1, -0.05) is 20.8 Å². The summed E-state index contributed by atoms with van der Waals surface area (Å²) < 4.78 is 2.26. The molecule has 1 saturated heterocycles. The van der Waals surface area contributed by atoms with Crippen molar-refractivity contribution in [3.05, 3.63) is 18.2 Å². The molecule has 0 spiro atoms. The van der Waals surface area contributed by atoms with E-state index in [2.05, 4.69) is 72.3 Å². The van der Waals surface area contributed by atoms with Gasteiger partial charge in [-0.25, -0.2) is 4.98 Å². The summed E-state index contributed by atoms with van der Waals surface area (Å²) in [7, 11) is 0. The fraction of sp³-hybridized carbons (Fsp3) is 0.800. The third-order valence-electron chi connectivity index (χ3n) is 4.03. The zero-order valence-corrected chi connectivity index (χ0v) is 14.6. The number of thioether (sulfide) groups is 2. The maximum atomic E-state index is 4.54. The normalized spacial score (nSPS) is 28.5. The minimum atomic E-state index is 0.528. The molecule has 0 saturated carbocycles. The van der Waals surface area contributed by atoms with E-state index in [-0.39, 0.29) is 0 Å². The van der Waals surface area contributed by atoms with Gasteiger partial charge in [-0.3, -0.25) is 0 Å². The fourth-order valence-electron chi connectivity index (χ4n) is 2.63. The Morgan fingerprint density at radius 1 is 1.40 bits per heavy atom. The van der Waals surface area contributed by atoms with E-state index in [0.29, 0.717) is 11.3 Å². The van der Waals surface area contributed by atoms with Crippen molar-refractivity contribution in [3.63, 3.8) is 0 Å². The number of nitrogens with one attached hydrogen (secondary N) is 1. The number of aromatic nitrogens is 2. The van der Waals surface area contributed by atoms with Crippen LogP contribution in [0.25, 0.3) is 0 Å². The van der Waals surface area contributed by atoms with Crippen molar-refractivity contribution in [1.82, 2.24) is 14.9 Å². The van der Waals surface area contributed by atoms with E-state index < -0.39 is 0 Å². The van der Waals surface area contributed by atoms with Crippen molar-refractivity contribution >= 4 is 23.5 Å². The second-order valence-corrected chi connectivity index (χ2v) is 8.45. The van der Waals surface area contributed by atoms with Gasteiger partial charge in [0.1, 0.15) is 5.82 Å². The lowest BCUT2D eigenvalue weighted by Crippen LogP contribution is -2.45. The minimum Gasteiger partial charge on any atom is -0.335 e. The molecule has 3 nitrogen and oxygen atoms in total. The summed E-state index contributed by atoms with van der Waals surface area (Å²) in [4.78, 5) is 4.54. The maximum absolute atomic E-state index is 4.54. The number of nitrogens with zero attached hydrogens (tertiary/aromatic N) is 2. The first kappa shape index (κ1) is 16.2. The Kier molecular flexibility index (Phi) is 6.30. The van der Waals surface area contributed by atoms with Gasteiger partial charge in [0.05, 0.1) is 0 Å². The summed E-state index contributed by atoms with van der Waals surface area (Å²) in [6.07, 6.45) is 5.05. The number of rotatable bonds is 6. The molecule has 0 bridgehead atoms. The van der Waals surface area contributed by atoms with Crippen molar-refractivity contribution in [2.24, 2.45) is 0 Å². The fourth-order valence-corrected chi connectivity index (χ4v) is 5.76. The second-order valence-electron chi connectivity index (χ2n) is 5.42. The van der Waals surface area contributed by atoms with Crippen LogP contribution in [0.5, 0.6) is 0 Å². The predicted octanol–water partition coefficient (Wildman–Crippen LogP) is 3.05.